The van der Waals surface area contributed by atoms with Gasteiger partial charge in [-0.1, -0.05) is 97.1 Å². The number of amides is 2. The second-order valence-corrected chi connectivity index (χ2v) is 12.9. The second kappa shape index (κ2) is 12.1. The number of nitrogens with one attached hydrogen (secondary N) is 1. The van der Waals surface area contributed by atoms with Gasteiger partial charge in [0.1, 0.15) is 0 Å². The number of hydrogen-bond donors (Lipinski definition) is 3. The molecule has 5 aromatic rings. The highest BCUT2D eigenvalue weighted by Gasteiger charge is 2.39. The van der Waals surface area contributed by atoms with E-state index in [0.29, 0.717) is 30.0 Å². The van der Waals surface area contributed by atoms with Gasteiger partial charge in [-0.2, -0.15) is 0 Å². The number of benzene rings is 5. The predicted molar refractivity (Wildman–Crippen MR) is 170 cm³/mol. The minimum absolute atomic E-state index is 0.207. The van der Waals surface area contributed by atoms with Crippen LogP contribution < -0.4 is 5.32 Å². The molecule has 3 N–H and O–H groups in total. The molecule has 2 amide bonds. The molecule has 2 unspecified atom stereocenters. The number of hydrogen-bond acceptors (Lipinski definition) is 3. The van der Waals surface area contributed by atoms with Gasteiger partial charge in [0.05, 0.1) is 11.3 Å². The van der Waals surface area contributed by atoms with E-state index in [-0.39, 0.29) is 17.2 Å². The van der Waals surface area contributed by atoms with Gasteiger partial charge in [-0.25, -0.2) is 0 Å². The van der Waals surface area contributed by atoms with Gasteiger partial charge in [0.2, 0.25) is 5.91 Å². The molecular weight excluding hydrogens is 559 g/mol. The molecule has 1 heterocycles. The molecule has 7 nitrogen and oxygen atoms in total. The quantitative estimate of drug-likeness (QED) is 0.169. The fourth-order valence-electron chi connectivity index (χ4n) is 6.12. The molecule has 0 radical (unpaired) electrons. The zero-order valence-electron chi connectivity index (χ0n) is 23.6. The zero-order chi connectivity index (χ0) is 30.0. The van der Waals surface area contributed by atoms with Crippen molar-refractivity contribution in [1.29, 1.82) is 0 Å². The Balaban J connectivity index is 1.30. The largest absolute Gasteiger partial charge is 0.342 e. The first-order valence-corrected chi connectivity index (χ1v) is 16.2. The summed E-state index contributed by atoms with van der Waals surface area (Å²) >= 11 is 0. The van der Waals surface area contributed by atoms with Crippen molar-refractivity contribution >= 4 is 46.6 Å². The maximum atomic E-state index is 13.9. The van der Waals surface area contributed by atoms with Gasteiger partial charge >= 0.3 is 7.60 Å². The summed E-state index contributed by atoms with van der Waals surface area (Å²) in [7, 11) is -4.95. The van der Waals surface area contributed by atoms with Crippen LogP contribution in [0.15, 0.2) is 109 Å². The van der Waals surface area contributed by atoms with Crippen LogP contribution in [0.3, 0.4) is 0 Å². The molecular formula is C35H33N2O5P. The Morgan fingerprint density at radius 2 is 1.49 bits per heavy atom. The minimum atomic E-state index is -4.95. The molecule has 1 aliphatic heterocycles. The molecule has 218 valence electrons. The summed E-state index contributed by atoms with van der Waals surface area (Å²) in [5, 5.41) is 5.75. The first-order chi connectivity index (χ1) is 20.8. The van der Waals surface area contributed by atoms with Crippen molar-refractivity contribution in [2.45, 2.75) is 24.9 Å². The van der Waals surface area contributed by atoms with Gasteiger partial charge in [0.15, 0.2) is 5.66 Å². The third kappa shape index (κ3) is 6.25. The maximum Gasteiger partial charge on any atom is 0.342 e. The number of nitrogens with zero attached hydrogens (tertiary/aromatic N) is 1. The lowest BCUT2D eigenvalue weighted by atomic mass is 9.99. The first kappa shape index (κ1) is 28.8. The molecule has 0 saturated carbocycles. The predicted octanol–water partition coefficient (Wildman–Crippen LogP) is 6.95. The summed E-state index contributed by atoms with van der Waals surface area (Å²) in [6.45, 7) is 1.23. The highest BCUT2D eigenvalue weighted by molar-refractivity contribution is 7.53. The van der Waals surface area contributed by atoms with E-state index in [9.17, 15) is 23.9 Å². The Morgan fingerprint density at radius 3 is 2.23 bits per heavy atom. The smallest absolute Gasteiger partial charge is 0.338 e. The van der Waals surface area contributed by atoms with E-state index in [1.807, 2.05) is 65.6 Å². The summed E-state index contributed by atoms with van der Waals surface area (Å²) in [4.78, 5) is 50.3. The Labute approximate surface area is 250 Å². The number of carbonyl (C=O) groups excluding carboxylic acids is 2. The zero-order valence-corrected chi connectivity index (χ0v) is 24.5. The van der Waals surface area contributed by atoms with E-state index in [1.165, 1.54) is 5.56 Å². The molecule has 0 bridgehead atoms. The first-order valence-electron chi connectivity index (χ1n) is 14.5. The van der Waals surface area contributed by atoms with Crippen LogP contribution in [0, 0.1) is 5.92 Å². The average Bonchev–Trinajstić information content (AvgIpc) is 3.49. The highest BCUT2D eigenvalue weighted by atomic mass is 31.2. The molecule has 8 heteroatoms. The van der Waals surface area contributed by atoms with Crippen LogP contribution >= 0.6 is 7.60 Å². The molecule has 0 spiro atoms. The van der Waals surface area contributed by atoms with Crippen molar-refractivity contribution in [3.05, 3.63) is 126 Å². The van der Waals surface area contributed by atoms with Crippen molar-refractivity contribution in [3.63, 3.8) is 0 Å². The Morgan fingerprint density at radius 1 is 0.837 bits per heavy atom. The van der Waals surface area contributed by atoms with E-state index in [0.717, 1.165) is 35.4 Å². The van der Waals surface area contributed by atoms with Crippen LogP contribution in [0.2, 0.25) is 0 Å². The fraction of sp³-hybridized carbons (Fsp3) is 0.200. The molecule has 0 aromatic heterocycles. The van der Waals surface area contributed by atoms with E-state index in [4.69, 9.17) is 0 Å². The SMILES string of the molecule is O=C(Nc1cc2ccccc2cc1C(=O)N1CCC(CCc2ccccc2)C1)C(c1cccc2ccccc12)P(=O)(O)O. The normalized spacial score (nSPS) is 16.0. The Bertz CT molecular complexity index is 1850. The lowest BCUT2D eigenvalue weighted by molar-refractivity contribution is -0.116. The summed E-state index contributed by atoms with van der Waals surface area (Å²) in [5.41, 5.74) is 0.302. The second-order valence-electron chi connectivity index (χ2n) is 11.2. The van der Waals surface area contributed by atoms with Crippen LogP contribution in [0.5, 0.6) is 0 Å². The summed E-state index contributed by atoms with van der Waals surface area (Å²) in [6.07, 6.45) is 2.82. The third-order valence-electron chi connectivity index (χ3n) is 8.33. The van der Waals surface area contributed by atoms with Crippen molar-refractivity contribution < 1.29 is 23.9 Å². The molecule has 0 aliphatic carbocycles. The van der Waals surface area contributed by atoms with Gasteiger partial charge in [0, 0.05) is 13.1 Å². The van der Waals surface area contributed by atoms with Crippen LogP contribution in [0.4, 0.5) is 5.69 Å². The van der Waals surface area contributed by atoms with Crippen LogP contribution in [-0.2, 0) is 15.8 Å². The number of aryl methyl sites for hydroxylation is 1. The highest BCUT2D eigenvalue weighted by Crippen LogP contribution is 2.53. The molecule has 1 saturated heterocycles. The lowest BCUT2D eigenvalue weighted by Gasteiger charge is -2.23. The topological polar surface area (TPSA) is 107 Å². The van der Waals surface area contributed by atoms with Crippen LogP contribution in [0.25, 0.3) is 21.5 Å². The van der Waals surface area contributed by atoms with E-state index in [1.54, 1.807) is 36.4 Å². The maximum absolute atomic E-state index is 13.9. The minimum Gasteiger partial charge on any atom is -0.338 e. The molecule has 1 fully saturated rings. The summed E-state index contributed by atoms with van der Waals surface area (Å²) < 4.78 is 12.8. The van der Waals surface area contributed by atoms with Crippen molar-refractivity contribution in [3.8, 4) is 0 Å². The number of fused-ring (bicyclic) bond motifs is 2. The number of anilines is 1. The van der Waals surface area contributed by atoms with Crippen LogP contribution in [-0.4, -0.2) is 39.6 Å². The van der Waals surface area contributed by atoms with Crippen molar-refractivity contribution in [2.24, 2.45) is 5.92 Å². The molecule has 2 atom stereocenters. The third-order valence-corrected chi connectivity index (χ3v) is 9.52. The summed E-state index contributed by atoms with van der Waals surface area (Å²) in [5.74, 6) is -0.703. The van der Waals surface area contributed by atoms with Gasteiger partial charge in [-0.15, -0.1) is 0 Å². The lowest BCUT2D eigenvalue weighted by Crippen LogP contribution is -2.30. The van der Waals surface area contributed by atoms with Gasteiger partial charge in [0.25, 0.3) is 5.91 Å². The summed E-state index contributed by atoms with van der Waals surface area (Å²) in [6, 6.07) is 33.5. The number of carbonyl (C=O) groups is 2. The fourth-order valence-corrected chi connectivity index (χ4v) is 7.08. The van der Waals surface area contributed by atoms with Crippen LogP contribution in [0.1, 0.15) is 40.0 Å². The van der Waals surface area contributed by atoms with Gasteiger partial charge in [-0.3, -0.25) is 14.2 Å². The number of likely N-dealkylation sites (tertiary alicyclic amines) is 1. The molecule has 6 rings (SSSR count). The Hall–Kier alpha value is -4.29. The number of rotatable bonds is 8. The van der Waals surface area contributed by atoms with E-state index in [2.05, 4.69) is 17.4 Å². The average molecular weight is 593 g/mol. The van der Waals surface area contributed by atoms with Crippen molar-refractivity contribution in [1.82, 2.24) is 4.90 Å². The molecule has 5 aromatic carbocycles. The standard InChI is InChI=1S/C35H33N2O5P/c38-34(33(43(40,41)42)30-16-8-14-26-11-6-7-15-29(26)30)36-32-22-28-13-5-4-12-27(28)21-31(32)35(39)37-20-19-25(23-37)18-17-24-9-2-1-3-10-24/h1-16,21-22,25,33H,17-20,23H2,(H,36,38)(H2,40,41,42). The van der Waals surface area contributed by atoms with E-state index >= 15 is 0 Å². The monoisotopic (exact) mass is 592 g/mol. The Kier molecular flexibility index (Phi) is 8.13. The van der Waals surface area contributed by atoms with Crippen molar-refractivity contribution in [2.75, 3.05) is 18.4 Å². The van der Waals surface area contributed by atoms with E-state index < -0.39 is 19.2 Å². The molecule has 1 aliphatic rings. The van der Waals surface area contributed by atoms with Gasteiger partial charge < -0.3 is 20.0 Å². The van der Waals surface area contributed by atoms with Gasteiger partial charge in [-0.05, 0) is 70.0 Å². The molecule has 43 heavy (non-hydrogen) atoms.